The van der Waals surface area contributed by atoms with Gasteiger partial charge < -0.3 is 19.5 Å². The van der Waals surface area contributed by atoms with Gasteiger partial charge in [0.2, 0.25) is 0 Å². The molecule has 7 nitrogen and oxygen atoms in total. The molecular weight excluding hydrogens is 372 g/mol. The number of amides is 1. The molecule has 0 aliphatic carbocycles. The number of benzene rings is 1. The van der Waals surface area contributed by atoms with Crippen LogP contribution in [0, 0.1) is 0 Å². The third kappa shape index (κ3) is 3.38. The van der Waals surface area contributed by atoms with Crippen LogP contribution in [0.25, 0.3) is 5.76 Å². The molecule has 2 aliphatic heterocycles. The fourth-order valence-corrected chi connectivity index (χ4v) is 3.92. The van der Waals surface area contributed by atoms with Crippen LogP contribution in [0.15, 0.2) is 48.3 Å². The number of methoxy groups -OCH3 is 1. The first-order chi connectivity index (χ1) is 14.0. The average Bonchev–Trinajstić information content (AvgIpc) is 3.22. The lowest BCUT2D eigenvalue weighted by atomic mass is 9.95. The Kier molecular flexibility index (Phi) is 5.07. The van der Waals surface area contributed by atoms with Gasteiger partial charge in [0.25, 0.3) is 11.7 Å². The zero-order chi connectivity index (χ0) is 20.5. The fraction of sp³-hybridized carbons (Fsp3) is 0.318. The lowest BCUT2D eigenvalue weighted by Gasteiger charge is -2.24. The predicted octanol–water partition coefficient (Wildman–Crippen LogP) is 2.47. The summed E-state index contributed by atoms with van der Waals surface area (Å²) in [6, 6.07) is 8.09. The van der Waals surface area contributed by atoms with Crippen molar-refractivity contribution in [2.45, 2.75) is 25.5 Å². The maximum atomic E-state index is 12.9. The molecule has 4 rings (SSSR count). The van der Waals surface area contributed by atoms with Crippen LogP contribution in [0.2, 0.25) is 0 Å². The Morgan fingerprint density at radius 1 is 1.28 bits per heavy atom. The number of likely N-dealkylation sites (tertiary alicyclic amines) is 1. The zero-order valence-electron chi connectivity index (χ0n) is 16.3. The Morgan fingerprint density at radius 3 is 2.76 bits per heavy atom. The van der Waals surface area contributed by atoms with E-state index in [1.165, 1.54) is 12.0 Å². The molecule has 29 heavy (non-hydrogen) atoms. The highest BCUT2D eigenvalue weighted by molar-refractivity contribution is 6.46. The topological polar surface area (TPSA) is 89.0 Å². The highest BCUT2D eigenvalue weighted by atomic mass is 16.5. The standard InChI is InChI=1S/C22H22N2O5/c1-13-11-16-12-15(3-4-17(16)29-13)20(25)18-19(14-5-7-23-8-6-14)24(9-10-28-2)22(27)21(18)26/h3-8,12-13,19,25H,9-11H2,1-2H3/b20-18-. The van der Waals surface area contributed by atoms with E-state index in [4.69, 9.17) is 9.47 Å². The lowest BCUT2D eigenvalue weighted by molar-refractivity contribution is -0.140. The normalized spacial score (nSPS) is 22.6. The van der Waals surface area contributed by atoms with Gasteiger partial charge in [-0.05, 0) is 48.4 Å². The number of ether oxygens (including phenoxy) is 2. The number of fused-ring (bicyclic) bond motifs is 1. The fourth-order valence-electron chi connectivity index (χ4n) is 3.92. The van der Waals surface area contributed by atoms with E-state index in [1.807, 2.05) is 13.0 Å². The summed E-state index contributed by atoms with van der Waals surface area (Å²) < 4.78 is 10.8. The minimum Gasteiger partial charge on any atom is -0.507 e. The molecule has 1 aromatic carbocycles. The first-order valence-electron chi connectivity index (χ1n) is 9.48. The van der Waals surface area contributed by atoms with Crippen molar-refractivity contribution in [1.29, 1.82) is 0 Å². The predicted molar refractivity (Wildman–Crippen MR) is 105 cm³/mol. The van der Waals surface area contributed by atoms with Crippen molar-refractivity contribution >= 4 is 17.4 Å². The van der Waals surface area contributed by atoms with Gasteiger partial charge >= 0.3 is 0 Å². The molecule has 1 saturated heterocycles. The van der Waals surface area contributed by atoms with E-state index in [0.29, 0.717) is 11.1 Å². The van der Waals surface area contributed by atoms with Crippen LogP contribution in [-0.2, 0) is 20.7 Å². The van der Waals surface area contributed by atoms with Crippen molar-refractivity contribution in [2.75, 3.05) is 20.3 Å². The first-order valence-corrected chi connectivity index (χ1v) is 9.48. The highest BCUT2D eigenvalue weighted by Crippen LogP contribution is 2.40. The Hall–Kier alpha value is -3.19. The SMILES string of the molecule is COCCN1C(=O)C(=O)/C(=C(\O)c2ccc3c(c2)CC(C)O3)C1c1ccncc1. The number of hydrogen-bond donors (Lipinski definition) is 1. The van der Waals surface area contributed by atoms with Crippen molar-refractivity contribution in [2.24, 2.45) is 0 Å². The molecule has 2 aromatic rings. The number of aromatic nitrogens is 1. The third-order valence-corrected chi connectivity index (χ3v) is 5.27. The second-order valence-corrected chi connectivity index (χ2v) is 7.22. The van der Waals surface area contributed by atoms with Crippen LogP contribution < -0.4 is 4.74 Å². The monoisotopic (exact) mass is 394 g/mol. The molecular formula is C22H22N2O5. The minimum absolute atomic E-state index is 0.0684. The minimum atomic E-state index is -0.703. The van der Waals surface area contributed by atoms with E-state index in [0.717, 1.165) is 17.7 Å². The van der Waals surface area contributed by atoms with Gasteiger partial charge in [-0.1, -0.05) is 0 Å². The van der Waals surface area contributed by atoms with Crippen LogP contribution in [0.1, 0.15) is 29.7 Å². The number of Topliss-reactive ketones (excluding diaryl/α,β-unsaturated/α-hetero) is 1. The highest BCUT2D eigenvalue weighted by Gasteiger charge is 2.45. The second-order valence-electron chi connectivity index (χ2n) is 7.22. The average molecular weight is 394 g/mol. The molecule has 3 heterocycles. The van der Waals surface area contributed by atoms with Gasteiger partial charge in [-0.2, -0.15) is 0 Å². The number of nitrogens with zero attached hydrogens (tertiary/aromatic N) is 2. The van der Waals surface area contributed by atoms with E-state index in [1.54, 1.807) is 36.7 Å². The van der Waals surface area contributed by atoms with Crippen molar-refractivity contribution in [3.63, 3.8) is 0 Å². The van der Waals surface area contributed by atoms with Gasteiger partial charge in [0.1, 0.15) is 17.6 Å². The van der Waals surface area contributed by atoms with Gasteiger partial charge in [0.15, 0.2) is 0 Å². The van der Waals surface area contributed by atoms with Crippen LogP contribution in [0.5, 0.6) is 5.75 Å². The summed E-state index contributed by atoms with van der Waals surface area (Å²) in [5.41, 5.74) is 2.24. The number of carbonyl (C=O) groups is 2. The molecule has 7 heteroatoms. The summed E-state index contributed by atoms with van der Waals surface area (Å²) >= 11 is 0. The Labute approximate surface area is 168 Å². The number of hydrogen-bond acceptors (Lipinski definition) is 6. The van der Waals surface area contributed by atoms with Gasteiger partial charge in [-0.25, -0.2) is 0 Å². The van der Waals surface area contributed by atoms with Gasteiger partial charge in [-0.3, -0.25) is 14.6 Å². The van der Waals surface area contributed by atoms with E-state index in [2.05, 4.69) is 4.98 Å². The van der Waals surface area contributed by atoms with Crippen LogP contribution in [0.3, 0.4) is 0 Å². The smallest absolute Gasteiger partial charge is 0.295 e. The molecule has 2 atom stereocenters. The molecule has 0 saturated carbocycles. The van der Waals surface area contributed by atoms with Gasteiger partial charge in [-0.15, -0.1) is 0 Å². The van der Waals surface area contributed by atoms with Crippen molar-refractivity contribution < 1.29 is 24.2 Å². The first kappa shape index (κ1) is 19.1. The Bertz CT molecular complexity index is 986. The van der Waals surface area contributed by atoms with Crippen LogP contribution >= 0.6 is 0 Å². The molecule has 1 fully saturated rings. The maximum Gasteiger partial charge on any atom is 0.295 e. The Morgan fingerprint density at radius 2 is 2.03 bits per heavy atom. The van der Waals surface area contributed by atoms with Crippen LogP contribution in [0.4, 0.5) is 0 Å². The molecule has 1 aromatic heterocycles. The number of ketones is 1. The largest absolute Gasteiger partial charge is 0.507 e. The summed E-state index contributed by atoms with van der Waals surface area (Å²) in [4.78, 5) is 31.0. The lowest BCUT2D eigenvalue weighted by Crippen LogP contribution is -2.32. The van der Waals surface area contributed by atoms with E-state index in [9.17, 15) is 14.7 Å². The number of aliphatic hydroxyl groups is 1. The van der Waals surface area contributed by atoms with Gasteiger partial charge in [0.05, 0.1) is 18.2 Å². The maximum absolute atomic E-state index is 12.9. The molecule has 0 bridgehead atoms. The zero-order valence-corrected chi connectivity index (χ0v) is 16.3. The third-order valence-electron chi connectivity index (χ3n) is 5.27. The second kappa shape index (κ2) is 7.67. The summed E-state index contributed by atoms with van der Waals surface area (Å²) in [5, 5.41) is 11.1. The number of pyridine rings is 1. The molecule has 0 spiro atoms. The number of rotatable bonds is 5. The number of carbonyl (C=O) groups excluding carboxylic acids is 2. The summed E-state index contributed by atoms with van der Waals surface area (Å²) in [7, 11) is 1.53. The molecule has 1 N–H and O–H groups in total. The molecule has 1 amide bonds. The summed E-state index contributed by atoms with van der Waals surface area (Å²) in [6.45, 7) is 2.49. The van der Waals surface area contributed by atoms with E-state index >= 15 is 0 Å². The van der Waals surface area contributed by atoms with Crippen molar-refractivity contribution in [1.82, 2.24) is 9.88 Å². The van der Waals surface area contributed by atoms with Crippen molar-refractivity contribution in [3.8, 4) is 5.75 Å². The van der Waals surface area contributed by atoms with E-state index < -0.39 is 17.7 Å². The van der Waals surface area contributed by atoms with Gasteiger partial charge in [0, 0.05) is 38.0 Å². The van der Waals surface area contributed by atoms with Crippen LogP contribution in [-0.4, -0.2) is 53.0 Å². The molecule has 150 valence electrons. The molecule has 0 radical (unpaired) electrons. The quantitative estimate of drug-likeness (QED) is 0.476. The molecule has 2 unspecified atom stereocenters. The summed E-state index contributed by atoms with van der Waals surface area (Å²) in [5.74, 6) is -0.762. The van der Waals surface area contributed by atoms with E-state index in [-0.39, 0.29) is 30.6 Å². The number of aliphatic hydroxyl groups excluding tert-OH is 1. The van der Waals surface area contributed by atoms with Crippen molar-refractivity contribution in [3.05, 3.63) is 65.0 Å². The summed E-state index contributed by atoms with van der Waals surface area (Å²) in [6.07, 6.45) is 3.99. The Balaban J connectivity index is 1.82. The molecule has 2 aliphatic rings.